The Kier molecular flexibility index (Phi) is 3.79. The van der Waals surface area contributed by atoms with Gasteiger partial charge in [-0.3, -0.25) is 4.79 Å². The number of carboxylic acid groups (broad SMARTS) is 1. The van der Waals surface area contributed by atoms with E-state index in [0.29, 0.717) is 12.0 Å². The smallest absolute Gasteiger partial charge is 0.307 e. The van der Waals surface area contributed by atoms with Crippen LogP contribution in [0.3, 0.4) is 0 Å². The van der Waals surface area contributed by atoms with E-state index in [0.717, 1.165) is 0 Å². The fourth-order valence-electron chi connectivity index (χ4n) is 2.23. The summed E-state index contributed by atoms with van der Waals surface area (Å²) >= 11 is 0. The summed E-state index contributed by atoms with van der Waals surface area (Å²) in [5, 5.41) is 17.8. The second-order valence-electron chi connectivity index (χ2n) is 4.78. The average Bonchev–Trinajstić information content (AvgIpc) is 2.89. The molecule has 1 aromatic rings. The van der Waals surface area contributed by atoms with Crippen molar-refractivity contribution in [1.29, 1.82) is 5.26 Å². The molecule has 1 atom stereocenters. The van der Waals surface area contributed by atoms with Gasteiger partial charge in [-0.25, -0.2) is 8.42 Å². The van der Waals surface area contributed by atoms with Crippen LogP contribution in [0.4, 0.5) is 0 Å². The lowest BCUT2D eigenvalue weighted by Crippen LogP contribution is -2.30. The Morgan fingerprint density at radius 3 is 2.75 bits per heavy atom. The van der Waals surface area contributed by atoms with Gasteiger partial charge in [-0.1, -0.05) is 6.07 Å². The molecule has 1 aliphatic rings. The van der Waals surface area contributed by atoms with Crippen molar-refractivity contribution in [2.75, 3.05) is 13.1 Å². The summed E-state index contributed by atoms with van der Waals surface area (Å²) in [6, 6.07) is 6.37. The number of rotatable bonds is 3. The van der Waals surface area contributed by atoms with E-state index in [4.69, 9.17) is 10.4 Å². The van der Waals surface area contributed by atoms with Crippen LogP contribution in [0.15, 0.2) is 23.1 Å². The first-order valence-electron chi connectivity index (χ1n) is 6.10. The number of carbonyl (C=O) groups is 1. The molecule has 1 aromatic carbocycles. The minimum Gasteiger partial charge on any atom is -0.481 e. The predicted molar refractivity (Wildman–Crippen MR) is 70.4 cm³/mol. The standard InChI is InChI=1S/C13H14N2O4S/c1-9-2-3-10(7-14)6-12(9)20(18,19)15-5-4-11(8-15)13(16)17/h2-3,6,11H,4-5,8H2,1H3,(H,16,17)/t11-/m0/s1. The number of aryl methyl sites for hydroxylation is 1. The van der Waals surface area contributed by atoms with Crippen molar-refractivity contribution >= 4 is 16.0 Å². The maximum Gasteiger partial charge on any atom is 0.307 e. The van der Waals surface area contributed by atoms with Gasteiger partial charge < -0.3 is 5.11 Å². The van der Waals surface area contributed by atoms with Gasteiger partial charge in [-0.15, -0.1) is 0 Å². The van der Waals surface area contributed by atoms with E-state index in [1.165, 1.54) is 10.4 Å². The maximum atomic E-state index is 12.5. The third-order valence-corrected chi connectivity index (χ3v) is 5.44. The van der Waals surface area contributed by atoms with Gasteiger partial charge >= 0.3 is 5.97 Å². The number of aliphatic carboxylic acids is 1. The largest absolute Gasteiger partial charge is 0.481 e. The lowest BCUT2D eigenvalue weighted by atomic mass is 10.1. The number of hydrogen-bond acceptors (Lipinski definition) is 4. The fourth-order valence-corrected chi connectivity index (χ4v) is 3.99. The SMILES string of the molecule is Cc1ccc(C#N)cc1S(=O)(=O)N1CC[C@H](C(=O)O)C1. The minimum absolute atomic E-state index is 0.0200. The van der Waals surface area contributed by atoms with Crippen molar-refractivity contribution in [3.8, 4) is 6.07 Å². The normalized spacial score (nSPS) is 19.7. The van der Waals surface area contributed by atoms with Crippen LogP contribution >= 0.6 is 0 Å². The Hall–Kier alpha value is -1.91. The summed E-state index contributed by atoms with van der Waals surface area (Å²) < 4.78 is 26.2. The molecule has 6 nitrogen and oxygen atoms in total. The number of benzene rings is 1. The molecule has 1 N–H and O–H groups in total. The number of nitriles is 1. The first-order valence-corrected chi connectivity index (χ1v) is 7.54. The van der Waals surface area contributed by atoms with Crippen LogP contribution in [0.5, 0.6) is 0 Å². The summed E-state index contributed by atoms with van der Waals surface area (Å²) in [7, 11) is -3.75. The van der Waals surface area contributed by atoms with Crippen LogP contribution in [0.2, 0.25) is 0 Å². The summed E-state index contributed by atoms with van der Waals surface area (Å²) in [5.74, 6) is -1.64. The van der Waals surface area contributed by atoms with Gasteiger partial charge in [0.1, 0.15) is 0 Å². The third-order valence-electron chi connectivity index (χ3n) is 3.44. The molecule has 0 saturated carbocycles. The van der Waals surface area contributed by atoms with Gasteiger partial charge in [0.25, 0.3) is 0 Å². The van der Waals surface area contributed by atoms with Crippen LogP contribution in [0, 0.1) is 24.2 Å². The minimum atomic E-state index is -3.75. The van der Waals surface area contributed by atoms with Crippen LogP contribution in [0.1, 0.15) is 17.5 Å². The van der Waals surface area contributed by atoms with E-state index < -0.39 is 21.9 Å². The van der Waals surface area contributed by atoms with Crippen molar-refractivity contribution in [2.45, 2.75) is 18.2 Å². The van der Waals surface area contributed by atoms with Crippen molar-refractivity contribution in [2.24, 2.45) is 5.92 Å². The highest BCUT2D eigenvalue weighted by Gasteiger charge is 2.36. The lowest BCUT2D eigenvalue weighted by molar-refractivity contribution is -0.141. The zero-order valence-corrected chi connectivity index (χ0v) is 11.7. The number of carboxylic acids is 1. The molecule has 1 aliphatic heterocycles. The van der Waals surface area contributed by atoms with Gasteiger partial charge in [0.15, 0.2) is 0 Å². The number of sulfonamides is 1. The molecule has 20 heavy (non-hydrogen) atoms. The number of nitrogens with zero attached hydrogens (tertiary/aromatic N) is 2. The lowest BCUT2D eigenvalue weighted by Gasteiger charge is -2.17. The molecule has 0 amide bonds. The molecular weight excluding hydrogens is 280 g/mol. The summed E-state index contributed by atoms with van der Waals surface area (Å²) in [5.41, 5.74) is 0.811. The Morgan fingerprint density at radius 1 is 1.50 bits per heavy atom. The van der Waals surface area contributed by atoms with E-state index in [1.807, 2.05) is 6.07 Å². The van der Waals surface area contributed by atoms with Crippen molar-refractivity contribution in [3.63, 3.8) is 0 Å². The average molecular weight is 294 g/mol. The molecule has 1 heterocycles. The molecule has 0 bridgehead atoms. The molecule has 0 aromatic heterocycles. The molecule has 0 spiro atoms. The van der Waals surface area contributed by atoms with Gasteiger partial charge in [0.05, 0.1) is 22.4 Å². The highest BCUT2D eigenvalue weighted by Crippen LogP contribution is 2.27. The molecule has 1 fully saturated rings. The zero-order valence-electron chi connectivity index (χ0n) is 10.9. The van der Waals surface area contributed by atoms with Crippen LogP contribution in [0.25, 0.3) is 0 Å². The van der Waals surface area contributed by atoms with Gasteiger partial charge in [-0.05, 0) is 31.0 Å². The Bertz CT molecular complexity index is 691. The van der Waals surface area contributed by atoms with Gasteiger partial charge in [0, 0.05) is 13.1 Å². The first-order chi connectivity index (χ1) is 9.36. The van der Waals surface area contributed by atoms with Crippen LogP contribution < -0.4 is 0 Å². The molecule has 2 rings (SSSR count). The van der Waals surface area contributed by atoms with E-state index >= 15 is 0 Å². The summed E-state index contributed by atoms with van der Waals surface area (Å²) in [4.78, 5) is 11.0. The van der Waals surface area contributed by atoms with E-state index in [1.54, 1.807) is 19.1 Å². The maximum absolute atomic E-state index is 12.5. The monoisotopic (exact) mass is 294 g/mol. The molecule has 0 aliphatic carbocycles. The molecular formula is C13H14N2O4S. The van der Waals surface area contributed by atoms with Crippen LogP contribution in [-0.4, -0.2) is 36.9 Å². The van der Waals surface area contributed by atoms with E-state index in [2.05, 4.69) is 0 Å². The van der Waals surface area contributed by atoms with E-state index in [-0.39, 0.29) is 23.5 Å². The molecule has 1 saturated heterocycles. The van der Waals surface area contributed by atoms with E-state index in [9.17, 15) is 13.2 Å². The quantitative estimate of drug-likeness (QED) is 0.895. The highest BCUT2D eigenvalue weighted by atomic mass is 32.2. The molecule has 0 radical (unpaired) electrons. The number of hydrogen-bond donors (Lipinski definition) is 1. The predicted octanol–water partition coefficient (Wildman–Crippen LogP) is 0.962. The molecule has 106 valence electrons. The second-order valence-corrected chi connectivity index (χ2v) is 6.69. The second kappa shape index (κ2) is 5.23. The van der Waals surface area contributed by atoms with Crippen LogP contribution in [-0.2, 0) is 14.8 Å². The molecule has 7 heteroatoms. The fraction of sp³-hybridized carbons (Fsp3) is 0.385. The van der Waals surface area contributed by atoms with Crippen molar-refractivity contribution in [3.05, 3.63) is 29.3 Å². The van der Waals surface area contributed by atoms with Crippen molar-refractivity contribution < 1.29 is 18.3 Å². The highest BCUT2D eigenvalue weighted by molar-refractivity contribution is 7.89. The van der Waals surface area contributed by atoms with Gasteiger partial charge in [-0.2, -0.15) is 9.57 Å². The molecule has 0 unspecified atom stereocenters. The topological polar surface area (TPSA) is 98.5 Å². The first kappa shape index (κ1) is 14.5. The summed E-state index contributed by atoms with van der Waals surface area (Å²) in [6.45, 7) is 1.82. The Labute approximate surface area is 117 Å². The Morgan fingerprint density at radius 2 is 2.20 bits per heavy atom. The Balaban J connectivity index is 2.37. The van der Waals surface area contributed by atoms with Gasteiger partial charge in [0.2, 0.25) is 10.0 Å². The van der Waals surface area contributed by atoms with Crippen molar-refractivity contribution in [1.82, 2.24) is 4.31 Å². The third kappa shape index (κ3) is 2.53. The summed E-state index contributed by atoms with van der Waals surface area (Å²) in [6.07, 6.45) is 0.311. The zero-order chi connectivity index (χ0) is 14.9.